The van der Waals surface area contributed by atoms with E-state index in [4.69, 9.17) is 0 Å². The molecule has 0 aliphatic heterocycles. The Hall–Kier alpha value is -1.60. The Kier molecular flexibility index (Phi) is 3.83. The highest BCUT2D eigenvalue weighted by Gasteiger charge is 2.11. The first kappa shape index (κ1) is 12.8. The maximum atomic E-state index is 10.3. The molecule has 0 spiro atoms. The second-order valence-corrected chi connectivity index (χ2v) is 5.07. The van der Waals surface area contributed by atoms with Crippen LogP contribution in [0, 0.1) is 20.8 Å². The lowest BCUT2D eigenvalue weighted by Gasteiger charge is -2.15. The molecule has 0 aliphatic carbocycles. The summed E-state index contributed by atoms with van der Waals surface area (Å²) in [6, 6.07) is 14.6. The van der Waals surface area contributed by atoms with Gasteiger partial charge in [-0.25, -0.2) is 0 Å². The second kappa shape index (κ2) is 5.36. The van der Waals surface area contributed by atoms with Gasteiger partial charge in [0, 0.05) is 6.42 Å². The lowest BCUT2D eigenvalue weighted by molar-refractivity contribution is 0.177. The van der Waals surface area contributed by atoms with Crippen LogP contribution in [0.5, 0.6) is 0 Å². The molecule has 0 heterocycles. The Morgan fingerprint density at radius 2 is 1.50 bits per heavy atom. The summed E-state index contributed by atoms with van der Waals surface area (Å²) in [7, 11) is 0. The van der Waals surface area contributed by atoms with Crippen LogP contribution in [-0.2, 0) is 6.42 Å². The zero-order valence-electron chi connectivity index (χ0n) is 11.3. The molecule has 0 aliphatic rings. The van der Waals surface area contributed by atoms with Gasteiger partial charge in [-0.3, -0.25) is 0 Å². The quantitative estimate of drug-likeness (QED) is 0.863. The van der Waals surface area contributed by atoms with E-state index in [1.165, 1.54) is 16.7 Å². The summed E-state index contributed by atoms with van der Waals surface area (Å²) >= 11 is 0. The molecule has 1 atom stereocenters. The average molecular weight is 240 g/mol. The fourth-order valence-corrected chi connectivity index (χ4v) is 2.18. The van der Waals surface area contributed by atoms with Crippen LogP contribution in [0.25, 0.3) is 0 Å². The van der Waals surface area contributed by atoms with Crippen molar-refractivity contribution in [2.75, 3.05) is 0 Å². The van der Waals surface area contributed by atoms with Crippen molar-refractivity contribution < 1.29 is 5.11 Å². The fourth-order valence-electron chi connectivity index (χ4n) is 2.18. The summed E-state index contributed by atoms with van der Waals surface area (Å²) in [5.41, 5.74) is 5.81. The van der Waals surface area contributed by atoms with Crippen molar-refractivity contribution in [1.82, 2.24) is 0 Å². The minimum absolute atomic E-state index is 0.424. The third-order valence-electron chi connectivity index (χ3n) is 3.34. The van der Waals surface area contributed by atoms with E-state index in [0.717, 1.165) is 11.1 Å². The zero-order valence-corrected chi connectivity index (χ0v) is 11.3. The van der Waals surface area contributed by atoms with E-state index in [-0.39, 0.29) is 0 Å². The van der Waals surface area contributed by atoms with Crippen LogP contribution in [0.4, 0.5) is 0 Å². The highest BCUT2D eigenvalue weighted by atomic mass is 16.3. The first-order valence-electron chi connectivity index (χ1n) is 6.37. The van der Waals surface area contributed by atoms with Crippen LogP contribution in [0.2, 0.25) is 0 Å². The molecule has 0 fully saturated rings. The lowest BCUT2D eigenvalue weighted by Crippen LogP contribution is -2.04. The molecule has 1 heteroatoms. The lowest BCUT2D eigenvalue weighted by atomic mass is 9.96. The van der Waals surface area contributed by atoms with Crippen LogP contribution >= 0.6 is 0 Å². The van der Waals surface area contributed by atoms with Gasteiger partial charge in [0.05, 0.1) is 6.10 Å². The molecule has 1 nitrogen and oxygen atoms in total. The maximum absolute atomic E-state index is 10.3. The third kappa shape index (κ3) is 2.99. The number of rotatable bonds is 3. The number of aryl methyl sites for hydroxylation is 3. The van der Waals surface area contributed by atoms with Crippen molar-refractivity contribution in [1.29, 1.82) is 0 Å². The molecule has 0 saturated heterocycles. The largest absolute Gasteiger partial charge is 0.388 e. The molecule has 1 N–H and O–H groups in total. The predicted molar refractivity (Wildman–Crippen MR) is 75.8 cm³/mol. The molecule has 0 amide bonds. The summed E-state index contributed by atoms with van der Waals surface area (Å²) in [4.78, 5) is 0. The maximum Gasteiger partial charge on any atom is 0.0833 e. The molecule has 0 radical (unpaired) electrons. The van der Waals surface area contributed by atoms with Gasteiger partial charge < -0.3 is 5.11 Å². The molecule has 0 aromatic heterocycles. The van der Waals surface area contributed by atoms with Crippen molar-refractivity contribution in [2.24, 2.45) is 0 Å². The standard InChI is InChI=1S/C17H20O/c1-12-5-8-15(9-6-12)11-17(18)16-10-13(2)4-7-14(16)3/h4-10,17-18H,11H2,1-3H3. The van der Waals surface area contributed by atoms with E-state index in [2.05, 4.69) is 56.3 Å². The van der Waals surface area contributed by atoms with E-state index in [0.29, 0.717) is 6.42 Å². The summed E-state index contributed by atoms with van der Waals surface area (Å²) in [6.07, 6.45) is 0.248. The van der Waals surface area contributed by atoms with Gasteiger partial charge in [0.2, 0.25) is 0 Å². The van der Waals surface area contributed by atoms with E-state index in [1.807, 2.05) is 6.92 Å². The summed E-state index contributed by atoms with van der Waals surface area (Å²) in [5, 5.41) is 10.3. The minimum atomic E-state index is -0.424. The number of aliphatic hydroxyl groups excluding tert-OH is 1. The van der Waals surface area contributed by atoms with Crippen molar-refractivity contribution in [3.8, 4) is 0 Å². The van der Waals surface area contributed by atoms with Crippen molar-refractivity contribution >= 4 is 0 Å². The van der Waals surface area contributed by atoms with E-state index in [9.17, 15) is 5.11 Å². The van der Waals surface area contributed by atoms with Gasteiger partial charge in [-0.1, -0.05) is 53.6 Å². The van der Waals surface area contributed by atoms with Crippen LogP contribution in [0.15, 0.2) is 42.5 Å². The van der Waals surface area contributed by atoms with Crippen LogP contribution in [0.3, 0.4) is 0 Å². The zero-order chi connectivity index (χ0) is 13.1. The summed E-state index contributed by atoms with van der Waals surface area (Å²) in [6.45, 7) is 6.18. The molecule has 0 saturated carbocycles. The highest BCUT2D eigenvalue weighted by Crippen LogP contribution is 2.22. The molecular weight excluding hydrogens is 220 g/mol. The van der Waals surface area contributed by atoms with Gasteiger partial charge >= 0.3 is 0 Å². The Balaban J connectivity index is 2.18. The van der Waals surface area contributed by atoms with Gasteiger partial charge in [0.15, 0.2) is 0 Å². The first-order chi connectivity index (χ1) is 8.56. The van der Waals surface area contributed by atoms with E-state index in [1.54, 1.807) is 0 Å². The molecular formula is C17H20O. The van der Waals surface area contributed by atoms with Crippen LogP contribution in [-0.4, -0.2) is 5.11 Å². The normalized spacial score (nSPS) is 12.4. The molecule has 18 heavy (non-hydrogen) atoms. The van der Waals surface area contributed by atoms with Crippen molar-refractivity contribution in [3.05, 3.63) is 70.3 Å². The van der Waals surface area contributed by atoms with Crippen molar-refractivity contribution in [3.63, 3.8) is 0 Å². The van der Waals surface area contributed by atoms with E-state index >= 15 is 0 Å². The number of aliphatic hydroxyl groups is 1. The number of benzene rings is 2. The van der Waals surface area contributed by atoms with Crippen molar-refractivity contribution in [2.45, 2.75) is 33.3 Å². The third-order valence-corrected chi connectivity index (χ3v) is 3.34. The number of hydrogen-bond donors (Lipinski definition) is 1. The van der Waals surface area contributed by atoms with Gasteiger partial charge in [0.1, 0.15) is 0 Å². The molecule has 1 unspecified atom stereocenters. The van der Waals surface area contributed by atoms with Gasteiger partial charge in [-0.15, -0.1) is 0 Å². The molecule has 2 aromatic carbocycles. The van der Waals surface area contributed by atoms with Gasteiger partial charge in [0.25, 0.3) is 0 Å². The topological polar surface area (TPSA) is 20.2 Å². The van der Waals surface area contributed by atoms with Crippen LogP contribution in [0.1, 0.15) is 33.9 Å². The predicted octanol–water partition coefficient (Wildman–Crippen LogP) is 3.89. The average Bonchev–Trinajstić information content (AvgIpc) is 2.35. The van der Waals surface area contributed by atoms with Gasteiger partial charge in [-0.2, -0.15) is 0 Å². The SMILES string of the molecule is Cc1ccc(CC(O)c2cc(C)ccc2C)cc1. The van der Waals surface area contributed by atoms with Crippen LogP contribution < -0.4 is 0 Å². The smallest absolute Gasteiger partial charge is 0.0833 e. The fraction of sp³-hybridized carbons (Fsp3) is 0.294. The first-order valence-corrected chi connectivity index (χ1v) is 6.37. The second-order valence-electron chi connectivity index (χ2n) is 5.07. The molecule has 94 valence electrons. The number of hydrogen-bond acceptors (Lipinski definition) is 1. The molecule has 2 aromatic rings. The molecule has 0 bridgehead atoms. The minimum Gasteiger partial charge on any atom is -0.388 e. The Bertz CT molecular complexity index is 526. The van der Waals surface area contributed by atoms with Gasteiger partial charge in [-0.05, 0) is 37.5 Å². The summed E-state index contributed by atoms with van der Waals surface area (Å²) < 4.78 is 0. The monoisotopic (exact) mass is 240 g/mol. The Morgan fingerprint density at radius 1 is 0.889 bits per heavy atom. The highest BCUT2D eigenvalue weighted by molar-refractivity contribution is 5.33. The van der Waals surface area contributed by atoms with E-state index < -0.39 is 6.10 Å². The Morgan fingerprint density at radius 3 is 2.17 bits per heavy atom. The molecule has 2 rings (SSSR count). The Labute approximate surface area is 109 Å². The summed E-state index contributed by atoms with van der Waals surface area (Å²) in [5.74, 6) is 0.